The molecule has 1 aromatic carbocycles. The minimum atomic E-state index is -3.46. The molecule has 0 spiro atoms. The number of sulfonamides is 1. The number of rotatable bonds is 6. The van der Waals surface area contributed by atoms with Crippen LogP contribution in [0.25, 0.3) is 10.2 Å². The maximum absolute atomic E-state index is 12.8. The molecule has 3 aromatic rings. The van der Waals surface area contributed by atoms with Gasteiger partial charge in [0.25, 0.3) is 0 Å². The quantitative estimate of drug-likeness (QED) is 0.415. The molecule has 0 saturated carbocycles. The van der Waals surface area contributed by atoms with Crippen LogP contribution in [0, 0.1) is 0 Å². The molecule has 2 aliphatic rings. The van der Waals surface area contributed by atoms with Crippen LogP contribution in [0.3, 0.4) is 0 Å². The Kier molecular flexibility index (Phi) is 5.96. The molecule has 1 atom stereocenters. The Morgan fingerprint density at radius 3 is 2.62 bits per heavy atom. The summed E-state index contributed by atoms with van der Waals surface area (Å²) in [4.78, 5) is 24.4. The van der Waals surface area contributed by atoms with E-state index in [-0.39, 0.29) is 16.1 Å². The molecule has 32 heavy (non-hydrogen) atoms. The number of amides is 1. The molecule has 7 nitrogen and oxygen atoms in total. The van der Waals surface area contributed by atoms with Crippen LogP contribution >= 0.6 is 23.1 Å². The number of aromatic nitrogens is 2. The second-order valence-electron chi connectivity index (χ2n) is 8.10. The highest BCUT2D eigenvalue weighted by molar-refractivity contribution is 8.00. The summed E-state index contributed by atoms with van der Waals surface area (Å²) in [5.41, 5.74) is 1.92. The first-order valence-corrected chi connectivity index (χ1v) is 13.9. The number of carbonyl (C=O) groups excluding carboxylic acids is 1. The first kappa shape index (κ1) is 21.8. The Hall–Kier alpha value is -2.01. The number of hydrogen-bond donors (Lipinski definition) is 1. The summed E-state index contributed by atoms with van der Waals surface area (Å²) >= 11 is 3.17. The van der Waals surface area contributed by atoms with Gasteiger partial charge in [-0.15, -0.1) is 11.3 Å². The van der Waals surface area contributed by atoms with Crippen LogP contribution in [0.15, 0.2) is 40.5 Å². The molecule has 1 amide bonds. The fraction of sp³-hybridized carbons (Fsp3) is 0.409. The Bertz CT molecular complexity index is 1270. The van der Waals surface area contributed by atoms with Crippen LogP contribution < -0.4 is 5.32 Å². The van der Waals surface area contributed by atoms with E-state index in [1.54, 1.807) is 41.9 Å². The van der Waals surface area contributed by atoms with Gasteiger partial charge in [0.05, 0.1) is 10.1 Å². The second-order valence-corrected chi connectivity index (χ2v) is 12.5. The summed E-state index contributed by atoms with van der Waals surface area (Å²) in [5.74, 6) is -0.149. The van der Waals surface area contributed by atoms with E-state index in [9.17, 15) is 13.2 Å². The number of carbonyl (C=O) groups is 1. The minimum Gasteiger partial charge on any atom is -0.325 e. The minimum absolute atomic E-state index is 0.149. The van der Waals surface area contributed by atoms with E-state index < -0.39 is 10.0 Å². The highest BCUT2D eigenvalue weighted by atomic mass is 32.2. The molecule has 0 bridgehead atoms. The van der Waals surface area contributed by atoms with Crippen molar-refractivity contribution in [3.63, 3.8) is 0 Å². The molecule has 1 fully saturated rings. The van der Waals surface area contributed by atoms with E-state index in [4.69, 9.17) is 0 Å². The van der Waals surface area contributed by atoms with Gasteiger partial charge in [0.1, 0.15) is 16.2 Å². The summed E-state index contributed by atoms with van der Waals surface area (Å²) in [6.07, 6.45) is 6.67. The number of anilines is 1. The van der Waals surface area contributed by atoms with Gasteiger partial charge in [0.15, 0.2) is 0 Å². The van der Waals surface area contributed by atoms with Crippen molar-refractivity contribution in [2.24, 2.45) is 0 Å². The SMILES string of the molecule is CC(Sc1ncnc2sc3c(c12)CCC3)C(=O)Nc1ccc(S(=O)(=O)N2CCCC2)cc1. The molecule has 10 heteroatoms. The van der Waals surface area contributed by atoms with Crippen molar-refractivity contribution in [3.8, 4) is 0 Å². The van der Waals surface area contributed by atoms with E-state index in [1.165, 1.54) is 26.5 Å². The molecule has 3 heterocycles. The number of benzene rings is 1. The van der Waals surface area contributed by atoms with Gasteiger partial charge in [-0.2, -0.15) is 4.31 Å². The maximum atomic E-state index is 12.8. The van der Waals surface area contributed by atoms with Crippen molar-refractivity contribution in [1.82, 2.24) is 14.3 Å². The van der Waals surface area contributed by atoms with Crippen LogP contribution in [0.5, 0.6) is 0 Å². The zero-order valence-electron chi connectivity index (χ0n) is 17.7. The summed E-state index contributed by atoms with van der Waals surface area (Å²) in [5, 5.41) is 4.49. The Labute approximate surface area is 195 Å². The zero-order valence-corrected chi connectivity index (χ0v) is 20.2. The normalized spacial score (nSPS) is 17.5. The average Bonchev–Trinajstić information content (AvgIpc) is 3.52. The first-order valence-electron chi connectivity index (χ1n) is 10.8. The van der Waals surface area contributed by atoms with Gasteiger partial charge in [-0.25, -0.2) is 18.4 Å². The van der Waals surface area contributed by atoms with Crippen molar-refractivity contribution >= 4 is 54.9 Å². The topological polar surface area (TPSA) is 92.3 Å². The predicted molar refractivity (Wildman–Crippen MR) is 128 cm³/mol. The van der Waals surface area contributed by atoms with Crippen molar-refractivity contribution in [3.05, 3.63) is 41.0 Å². The fourth-order valence-corrected chi connectivity index (χ4v) is 8.00. The third-order valence-corrected chi connectivity index (χ3v) is 10.2. The van der Waals surface area contributed by atoms with Crippen molar-refractivity contribution in [2.75, 3.05) is 18.4 Å². The van der Waals surface area contributed by atoms with Gasteiger partial charge < -0.3 is 5.32 Å². The Morgan fingerprint density at radius 1 is 1.12 bits per heavy atom. The van der Waals surface area contributed by atoms with Gasteiger partial charge in [-0.05, 0) is 68.9 Å². The average molecular weight is 489 g/mol. The number of fused-ring (bicyclic) bond motifs is 3. The van der Waals surface area contributed by atoms with Gasteiger partial charge in [0, 0.05) is 29.0 Å². The van der Waals surface area contributed by atoms with E-state index in [0.717, 1.165) is 47.3 Å². The number of nitrogens with zero attached hydrogens (tertiary/aromatic N) is 3. The van der Waals surface area contributed by atoms with Crippen LogP contribution in [0.4, 0.5) is 5.69 Å². The summed E-state index contributed by atoms with van der Waals surface area (Å²) in [6, 6.07) is 6.41. The van der Waals surface area contributed by atoms with Crippen LogP contribution in [0.2, 0.25) is 0 Å². The monoisotopic (exact) mass is 488 g/mol. The van der Waals surface area contributed by atoms with Crippen molar-refractivity contribution < 1.29 is 13.2 Å². The van der Waals surface area contributed by atoms with Gasteiger partial charge >= 0.3 is 0 Å². The molecule has 0 radical (unpaired) electrons. The summed E-state index contributed by atoms with van der Waals surface area (Å²) in [6.45, 7) is 2.99. The summed E-state index contributed by atoms with van der Waals surface area (Å²) in [7, 11) is -3.46. The molecule has 1 aliphatic carbocycles. The smallest absolute Gasteiger partial charge is 0.243 e. The van der Waals surface area contributed by atoms with Gasteiger partial charge in [-0.3, -0.25) is 4.79 Å². The molecular formula is C22H24N4O3S3. The third kappa shape index (κ3) is 4.05. The van der Waals surface area contributed by atoms with E-state index in [2.05, 4.69) is 15.3 Å². The molecule has 5 rings (SSSR count). The first-order chi connectivity index (χ1) is 15.4. The van der Waals surface area contributed by atoms with Gasteiger partial charge in [-0.1, -0.05) is 11.8 Å². The highest BCUT2D eigenvalue weighted by Crippen LogP contribution is 2.41. The zero-order chi connectivity index (χ0) is 22.3. The van der Waals surface area contributed by atoms with E-state index in [0.29, 0.717) is 18.8 Å². The highest BCUT2D eigenvalue weighted by Gasteiger charge is 2.27. The summed E-state index contributed by atoms with van der Waals surface area (Å²) < 4.78 is 26.9. The molecular weight excluding hydrogens is 464 g/mol. The maximum Gasteiger partial charge on any atom is 0.243 e. The van der Waals surface area contributed by atoms with Crippen molar-refractivity contribution in [1.29, 1.82) is 0 Å². The molecule has 168 valence electrons. The molecule has 1 unspecified atom stereocenters. The lowest BCUT2D eigenvalue weighted by Crippen LogP contribution is -2.27. The number of aryl methyl sites for hydroxylation is 2. The lowest BCUT2D eigenvalue weighted by molar-refractivity contribution is -0.115. The fourth-order valence-electron chi connectivity index (χ4n) is 4.24. The molecule has 1 aliphatic heterocycles. The van der Waals surface area contributed by atoms with Crippen LogP contribution in [-0.4, -0.2) is 46.9 Å². The molecule has 1 saturated heterocycles. The van der Waals surface area contributed by atoms with E-state index >= 15 is 0 Å². The lowest BCUT2D eigenvalue weighted by atomic mass is 10.2. The molecule has 2 aromatic heterocycles. The number of hydrogen-bond acceptors (Lipinski definition) is 7. The third-order valence-electron chi connectivity index (χ3n) is 5.95. The lowest BCUT2D eigenvalue weighted by Gasteiger charge is -2.16. The second kappa shape index (κ2) is 8.74. The largest absolute Gasteiger partial charge is 0.325 e. The van der Waals surface area contributed by atoms with Gasteiger partial charge in [0.2, 0.25) is 15.9 Å². The Morgan fingerprint density at radius 2 is 1.88 bits per heavy atom. The van der Waals surface area contributed by atoms with Crippen LogP contribution in [-0.2, 0) is 27.7 Å². The van der Waals surface area contributed by atoms with Crippen LogP contribution in [0.1, 0.15) is 36.6 Å². The predicted octanol–water partition coefficient (Wildman–Crippen LogP) is 4.08. The number of nitrogens with one attached hydrogen (secondary N) is 1. The molecule has 1 N–H and O–H groups in total. The standard InChI is InChI=1S/C22H24N4O3S3/c1-14(30-21-19-17-5-4-6-18(17)31-22(19)24-13-23-21)20(27)25-15-7-9-16(10-8-15)32(28,29)26-11-2-3-12-26/h7-10,13-14H,2-6,11-12H2,1H3,(H,25,27). The Balaban J connectivity index is 1.28. The number of thiophene rings is 1. The van der Waals surface area contributed by atoms with E-state index in [1.807, 2.05) is 6.92 Å². The van der Waals surface area contributed by atoms with Crippen molar-refractivity contribution in [2.45, 2.75) is 54.2 Å². The number of thioether (sulfide) groups is 1.